The van der Waals surface area contributed by atoms with Gasteiger partial charge in [0.05, 0.1) is 0 Å². The van der Waals surface area contributed by atoms with Crippen LogP contribution in [0.5, 0.6) is 0 Å². The fourth-order valence-electron chi connectivity index (χ4n) is 3.92. The lowest BCUT2D eigenvalue weighted by Crippen LogP contribution is -2.32. The summed E-state index contributed by atoms with van der Waals surface area (Å²) in [4.78, 5) is 2.33. The Hall–Kier alpha value is -2.58. The molecule has 1 aliphatic heterocycles. The Kier molecular flexibility index (Phi) is 4.29. The number of rotatable bonds is 2. The van der Waals surface area contributed by atoms with E-state index in [0.29, 0.717) is 6.54 Å². The van der Waals surface area contributed by atoms with Gasteiger partial charge in [-0.15, -0.1) is 0 Å². The van der Waals surface area contributed by atoms with Crippen LogP contribution in [0.1, 0.15) is 35.1 Å². The summed E-state index contributed by atoms with van der Waals surface area (Å²) in [5, 5.41) is 0. The highest BCUT2D eigenvalue weighted by atomic mass is 15.1. The first kappa shape index (κ1) is 15.9. The number of likely N-dealkylation sites (tertiary alicyclic amines) is 1. The molecule has 2 aromatic carbocycles. The van der Waals surface area contributed by atoms with Gasteiger partial charge in [0, 0.05) is 25.3 Å². The van der Waals surface area contributed by atoms with Gasteiger partial charge in [-0.2, -0.15) is 0 Å². The van der Waals surface area contributed by atoms with E-state index in [9.17, 15) is 0 Å². The molecule has 1 saturated heterocycles. The molecule has 126 valence electrons. The van der Waals surface area contributed by atoms with E-state index < -0.39 is 0 Å². The van der Waals surface area contributed by atoms with Crippen LogP contribution in [0.15, 0.2) is 66.4 Å². The largest absolute Gasteiger partial charge is 0.374 e. The molecule has 0 amide bonds. The predicted octanol–water partition coefficient (Wildman–Crippen LogP) is 4.54. The summed E-state index contributed by atoms with van der Waals surface area (Å²) in [6.45, 7) is 6.65. The first-order valence-electron chi connectivity index (χ1n) is 8.99. The van der Waals surface area contributed by atoms with Crippen molar-refractivity contribution >= 4 is 17.7 Å². The summed E-state index contributed by atoms with van der Waals surface area (Å²) in [5.41, 5.74) is 15.1. The van der Waals surface area contributed by atoms with E-state index in [-0.39, 0.29) is 0 Å². The fraction of sp³-hybridized carbons (Fsp3) is 0.217. The lowest BCUT2D eigenvalue weighted by Gasteiger charge is -2.33. The molecule has 0 aromatic heterocycles. The van der Waals surface area contributed by atoms with Gasteiger partial charge in [-0.25, -0.2) is 0 Å². The van der Waals surface area contributed by atoms with Crippen molar-refractivity contribution in [2.24, 2.45) is 5.73 Å². The molecule has 1 fully saturated rings. The molecule has 1 heterocycles. The average Bonchev–Trinajstić information content (AvgIpc) is 2.84. The minimum absolute atomic E-state index is 0.543. The molecule has 25 heavy (non-hydrogen) atoms. The number of nitrogens with zero attached hydrogens (tertiary/aromatic N) is 1. The van der Waals surface area contributed by atoms with Gasteiger partial charge in [-0.3, -0.25) is 0 Å². The lowest BCUT2D eigenvalue weighted by molar-refractivity contribution is 0.319. The molecule has 0 saturated carbocycles. The van der Waals surface area contributed by atoms with Crippen molar-refractivity contribution in [1.82, 2.24) is 4.90 Å². The molecule has 4 rings (SSSR count). The molecule has 2 aliphatic rings. The van der Waals surface area contributed by atoms with Crippen LogP contribution in [0.4, 0.5) is 0 Å². The van der Waals surface area contributed by atoms with Gasteiger partial charge in [0.25, 0.3) is 0 Å². The summed E-state index contributed by atoms with van der Waals surface area (Å²) in [7, 11) is 0. The summed E-state index contributed by atoms with van der Waals surface area (Å²) >= 11 is 0. The molecule has 0 spiro atoms. The van der Waals surface area contributed by atoms with E-state index in [4.69, 9.17) is 5.73 Å². The molecule has 2 aromatic rings. The van der Waals surface area contributed by atoms with Crippen LogP contribution in [0.2, 0.25) is 0 Å². The van der Waals surface area contributed by atoms with Crippen molar-refractivity contribution in [1.29, 1.82) is 0 Å². The monoisotopic (exact) mass is 328 g/mol. The Morgan fingerprint density at radius 1 is 0.880 bits per heavy atom. The third kappa shape index (κ3) is 2.94. The number of nitrogens with two attached hydrogens (primary N) is 1. The van der Waals surface area contributed by atoms with Gasteiger partial charge in [0.1, 0.15) is 0 Å². The van der Waals surface area contributed by atoms with E-state index >= 15 is 0 Å². The van der Waals surface area contributed by atoms with Gasteiger partial charge >= 0.3 is 0 Å². The third-order valence-electron chi connectivity index (χ3n) is 5.31. The fourth-order valence-corrected chi connectivity index (χ4v) is 3.92. The average molecular weight is 328 g/mol. The smallest absolute Gasteiger partial charge is 0.0324 e. The van der Waals surface area contributed by atoms with Crippen molar-refractivity contribution in [3.63, 3.8) is 0 Å². The number of fused-ring (bicyclic) bond motifs is 2. The first-order chi connectivity index (χ1) is 12.3. The highest BCUT2D eigenvalue weighted by Gasteiger charge is 2.22. The van der Waals surface area contributed by atoms with Crippen LogP contribution in [-0.2, 0) is 0 Å². The highest BCUT2D eigenvalue weighted by Crippen LogP contribution is 2.38. The Labute approximate surface area is 150 Å². The second-order valence-electron chi connectivity index (χ2n) is 6.74. The minimum atomic E-state index is 0.543. The maximum absolute atomic E-state index is 5.77. The summed E-state index contributed by atoms with van der Waals surface area (Å²) in [5.74, 6) is 0. The lowest BCUT2D eigenvalue weighted by atomic mass is 9.86. The molecule has 0 radical (unpaired) electrons. The second kappa shape index (κ2) is 6.73. The zero-order chi connectivity index (χ0) is 17.2. The van der Waals surface area contributed by atoms with Gasteiger partial charge < -0.3 is 10.6 Å². The zero-order valence-electron chi connectivity index (χ0n) is 14.5. The third-order valence-corrected chi connectivity index (χ3v) is 5.31. The van der Waals surface area contributed by atoms with E-state index in [1.807, 2.05) is 0 Å². The van der Waals surface area contributed by atoms with Gasteiger partial charge in [0.2, 0.25) is 0 Å². The van der Waals surface area contributed by atoms with Crippen LogP contribution in [-0.4, -0.2) is 24.5 Å². The molecule has 2 nitrogen and oxygen atoms in total. The van der Waals surface area contributed by atoms with E-state index in [1.165, 1.54) is 27.8 Å². The molecule has 0 unspecified atom stereocenters. The Balaban J connectivity index is 1.81. The van der Waals surface area contributed by atoms with Crippen LogP contribution in [0.3, 0.4) is 0 Å². The highest BCUT2D eigenvalue weighted by molar-refractivity contribution is 5.94. The van der Waals surface area contributed by atoms with Crippen LogP contribution >= 0.6 is 0 Å². The molecule has 0 bridgehead atoms. The maximum atomic E-state index is 5.77. The minimum Gasteiger partial charge on any atom is -0.374 e. The van der Waals surface area contributed by atoms with Crippen molar-refractivity contribution in [2.45, 2.75) is 12.8 Å². The molecule has 2 heteroatoms. The van der Waals surface area contributed by atoms with Gasteiger partial charge in [0.15, 0.2) is 0 Å². The Morgan fingerprint density at radius 3 is 1.92 bits per heavy atom. The number of hydrogen-bond acceptors (Lipinski definition) is 2. The maximum Gasteiger partial charge on any atom is 0.0324 e. The Morgan fingerprint density at radius 2 is 1.40 bits per heavy atom. The van der Waals surface area contributed by atoms with E-state index in [2.05, 4.69) is 72.2 Å². The topological polar surface area (TPSA) is 29.3 Å². The SMILES string of the molecule is C=C(CN)N1CCC(=C2c3ccccc3C=Cc3ccccc32)CC1. The number of benzene rings is 2. The second-order valence-corrected chi connectivity index (χ2v) is 6.74. The van der Waals surface area contributed by atoms with Crippen molar-refractivity contribution in [3.05, 3.63) is 88.6 Å². The van der Waals surface area contributed by atoms with Crippen LogP contribution in [0, 0.1) is 0 Å². The standard InChI is InChI=1S/C23H24N2/c1-17(16-24)25-14-12-20(13-15-25)23-21-8-4-2-6-18(21)10-11-19-7-3-5-9-22(19)23/h2-11H,1,12-16,24H2. The van der Waals surface area contributed by atoms with Crippen LogP contribution in [0.25, 0.3) is 17.7 Å². The van der Waals surface area contributed by atoms with Crippen molar-refractivity contribution in [3.8, 4) is 0 Å². The summed E-state index contributed by atoms with van der Waals surface area (Å²) < 4.78 is 0. The number of hydrogen-bond donors (Lipinski definition) is 1. The molecule has 2 N–H and O–H groups in total. The summed E-state index contributed by atoms with van der Waals surface area (Å²) in [6, 6.07) is 17.5. The predicted molar refractivity (Wildman–Crippen MR) is 107 cm³/mol. The zero-order valence-corrected chi connectivity index (χ0v) is 14.5. The molecular formula is C23H24N2. The van der Waals surface area contributed by atoms with Crippen molar-refractivity contribution < 1.29 is 0 Å². The van der Waals surface area contributed by atoms with Gasteiger partial charge in [-0.1, -0.05) is 72.8 Å². The molecular weight excluding hydrogens is 304 g/mol. The van der Waals surface area contributed by atoms with Crippen LogP contribution < -0.4 is 5.73 Å². The normalized spacial score (nSPS) is 16.3. The van der Waals surface area contributed by atoms with E-state index in [1.54, 1.807) is 5.57 Å². The number of piperidine rings is 1. The molecule has 0 atom stereocenters. The molecule has 1 aliphatic carbocycles. The quantitative estimate of drug-likeness (QED) is 0.748. The Bertz CT molecular complexity index is 812. The summed E-state index contributed by atoms with van der Waals surface area (Å²) in [6.07, 6.45) is 6.62. The van der Waals surface area contributed by atoms with Gasteiger partial charge in [-0.05, 0) is 40.7 Å². The van der Waals surface area contributed by atoms with E-state index in [0.717, 1.165) is 31.6 Å². The first-order valence-corrected chi connectivity index (χ1v) is 8.99. The van der Waals surface area contributed by atoms with Crippen molar-refractivity contribution in [2.75, 3.05) is 19.6 Å².